The highest BCUT2D eigenvalue weighted by Gasteiger charge is 2.22. The van der Waals surface area contributed by atoms with Gasteiger partial charge in [0, 0.05) is 0 Å². The highest BCUT2D eigenvalue weighted by molar-refractivity contribution is 6.71. The minimum absolute atomic E-state index is 0.213. The molecule has 0 saturated carbocycles. The Morgan fingerprint density at radius 2 is 1.48 bits per heavy atom. The summed E-state index contributed by atoms with van der Waals surface area (Å²) in [5.74, 6) is -0.213. The highest BCUT2D eigenvalue weighted by Crippen LogP contribution is 2.26. The van der Waals surface area contributed by atoms with Crippen LogP contribution in [0.25, 0.3) is 21.5 Å². The molecule has 3 heteroatoms. The van der Waals surface area contributed by atoms with Gasteiger partial charge in [0.1, 0.15) is 0 Å². The SMILES string of the molecule is C[Si](C)(C)OC(=O)c1cccc2cc3ccccc3cc12. The monoisotopic (exact) mass is 294 g/mol. The maximum Gasteiger partial charge on any atom is 0.325 e. The molecule has 0 aliphatic carbocycles. The first-order valence-corrected chi connectivity index (χ1v) is 10.5. The Morgan fingerprint density at radius 3 is 2.14 bits per heavy atom. The third-order valence-electron chi connectivity index (χ3n) is 3.37. The Kier molecular flexibility index (Phi) is 3.30. The van der Waals surface area contributed by atoms with Gasteiger partial charge in [-0.05, 0) is 59.4 Å². The fourth-order valence-electron chi connectivity index (χ4n) is 2.48. The summed E-state index contributed by atoms with van der Waals surface area (Å²) in [6, 6.07) is 18.2. The summed E-state index contributed by atoms with van der Waals surface area (Å²) in [6.07, 6.45) is 0. The van der Waals surface area contributed by atoms with E-state index < -0.39 is 8.32 Å². The third kappa shape index (κ3) is 2.83. The molecule has 0 aliphatic rings. The van der Waals surface area contributed by atoms with Crippen molar-refractivity contribution in [3.05, 3.63) is 60.2 Å². The molecule has 3 rings (SSSR count). The van der Waals surface area contributed by atoms with Gasteiger partial charge in [0.05, 0.1) is 5.56 Å². The van der Waals surface area contributed by atoms with Crippen LogP contribution < -0.4 is 0 Å². The van der Waals surface area contributed by atoms with Gasteiger partial charge in [0.15, 0.2) is 0 Å². The van der Waals surface area contributed by atoms with Crippen LogP contribution in [0.1, 0.15) is 10.4 Å². The van der Waals surface area contributed by atoms with Crippen molar-refractivity contribution >= 4 is 35.8 Å². The number of carbonyl (C=O) groups excluding carboxylic acids is 1. The zero-order chi connectivity index (χ0) is 15.0. The molecule has 0 aromatic heterocycles. The van der Waals surface area contributed by atoms with Crippen molar-refractivity contribution in [2.45, 2.75) is 19.6 Å². The number of rotatable bonds is 2. The van der Waals surface area contributed by atoms with E-state index in [0.29, 0.717) is 5.56 Å². The average Bonchev–Trinajstić information content (AvgIpc) is 2.42. The van der Waals surface area contributed by atoms with E-state index in [1.54, 1.807) is 0 Å². The Hall–Kier alpha value is -2.13. The van der Waals surface area contributed by atoms with Crippen molar-refractivity contribution in [3.63, 3.8) is 0 Å². The van der Waals surface area contributed by atoms with Crippen molar-refractivity contribution in [2.24, 2.45) is 0 Å². The molecule has 0 heterocycles. The van der Waals surface area contributed by atoms with Gasteiger partial charge in [-0.3, -0.25) is 0 Å². The summed E-state index contributed by atoms with van der Waals surface area (Å²) < 4.78 is 5.64. The normalized spacial score (nSPS) is 11.8. The van der Waals surface area contributed by atoms with E-state index in [9.17, 15) is 4.79 Å². The minimum Gasteiger partial charge on any atom is -0.516 e. The van der Waals surface area contributed by atoms with Crippen LogP contribution in [0.5, 0.6) is 0 Å². The minimum atomic E-state index is -1.89. The second kappa shape index (κ2) is 5.01. The lowest BCUT2D eigenvalue weighted by Gasteiger charge is -2.18. The standard InChI is InChI=1S/C18H18O2Si/c1-21(2,3)20-18(19)16-10-6-9-15-11-13-7-4-5-8-14(13)12-17(15)16/h4-12H,1-3H3. The van der Waals surface area contributed by atoms with Crippen LogP contribution in [-0.2, 0) is 4.43 Å². The summed E-state index contributed by atoms with van der Waals surface area (Å²) in [7, 11) is -1.89. The van der Waals surface area contributed by atoms with Crippen LogP contribution in [0, 0.1) is 0 Å². The lowest BCUT2D eigenvalue weighted by atomic mass is 10.00. The van der Waals surface area contributed by atoms with E-state index in [1.807, 2.05) is 50.0 Å². The van der Waals surface area contributed by atoms with Crippen molar-refractivity contribution in [3.8, 4) is 0 Å². The Morgan fingerprint density at radius 1 is 0.857 bits per heavy atom. The van der Waals surface area contributed by atoms with Gasteiger partial charge >= 0.3 is 5.97 Å². The van der Waals surface area contributed by atoms with Crippen molar-refractivity contribution in [1.29, 1.82) is 0 Å². The second-order valence-electron chi connectivity index (χ2n) is 6.23. The zero-order valence-electron chi connectivity index (χ0n) is 12.5. The zero-order valence-corrected chi connectivity index (χ0v) is 13.5. The van der Waals surface area contributed by atoms with E-state index >= 15 is 0 Å². The largest absolute Gasteiger partial charge is 0.516 e. The van der Waals surface area contributed by atoms with Crippen molar-refractivity contribution in [1.82, 2.24) is 0 Å². The van der Waals surface area contributed by atoms with Crippen molar-refractivity contribution in [2.75, 3.05) is 0 Å². The Bertz CT molecular complexity index is 831. The van der Waals surface area contributed by atoms with Crippen LogP contribution in [0.4, 0.5) is 0 Å². The summed E-state index contributed by atoms with van der Waals surface area (Å²) in [5, 5.41) is 4.34. The molecule has 0 amide bonds. The van der Waals surface area contributed by atoms with E-state index in [-0.39, 0.29) is 5.97 Å². The van der Waals surface area contributed by atoms with Gasteiger partial charge in [-0.15, -0.1) is 0 Å². The highest BCUT2D eigenvalue weighted by atomic mass is 28.4. The van der Waals surface area contributed by atoms with Crippen LogP contribution >= 0.6 is 0 Å². The fraction of sp³-hybridized carbons (Fsp3) is 0.167. The maximum absolute atomic E-state index is 12.4. The summed E-state index contributed by atoms with van der Waals surface area (Å²) in [5.41, 5.74) is 0.653. The van der Waals surface area contributed by atoms with Crippen LogP contribution in [0.2, 0.25) is 19.6 Å². The van der Waals surface area contributed by atoms with E-state index in [4.69, 9.17) is 4.43 Å². The van der Waals surface area contributed by atoms with Crippen LogP contribution in [-0.4, -0.2) is 14.3 Å². The first-order chi connectivity index (χ1) is 9.94. The molecule has 0 spiro atoms. The van der Waals surface area contributed by atoms with Crippen LogP contribution in [0.3, 0.4) is 0 Å². The number of carbonyl (C=O) groups is 1. The molecule has 0 fully saturated rings. The molecule has 0 radical (unpaired) electrons. The molecule has 0 atom stereocenters. The molecule has 2 nitrogen and oxygen atoms in total. The molecule has 106 valence electrons. The average molecular weight is 294 g/mol. The molecule has 0 aliphatic heterocycles. The van der Waals surface area contributed by atoms with Crippen molar-refractivity contribution < 1.29 is 9.22 Å². The lowest BCUT2D eigenvalue weighted by Crippen LogP contribution is -2.29. The predicted octanol–water partition coefficient (Wildman–Crippen LogP) is 4.98. The quantitative estimate of drug-likeness (QED) is 0.492. The smallest absolute Gasteiger partial charge is 0.325 e. The maximum atomic E-state index is 12.4. The fourth-order valence-corrected chi connectivity index (χ4v) is 3.14. The number of fused-ring (bicyclic) bond motifs is 2. The predicted molar refractivity (Wildman–Crippen MR) is 90.2 cm³/mol. The molecule has 0 saturated heterocycles. The molecule has 3 aromatic rings. The molecule has 3 aromatic carbocycles. The second-order valence-corrected chi connectivity index (χ2v) is 10.7. The Balaban J connectivity index is 2.19. The first-order valence-electron chi connectivity index (χ1n) is 7.09. The summed E-state index contributed by atoms with van der Waals surface area (Å²) in [4.78, 5) is 12.4. The van der Waals surface area contributed by atoms with Gasteiger partial charge in [0.2, 0.25) is 8.32 Å². The van der Waals surface area contributed by atoms with Gasteiger partial charge in [-0.1, -0.05) is 36.4 Å². The molecule has 0 unspecified atom stereocenters. The van der Waals surface area contributed by atoms with E-state index in [2.05, 4.69) is 24.3 Å². The lowest BCUT2D eigenvalue weighted by molar-refractivity contribution is 0.0727. The topological polar surface area (TPSA) is 26.3 Å². The summed E-state index contributed by atoms with van der Waals surface area (Å²) in [6.45, 7) is 6.06. The Labute approximate surface area is 125 Å². The first kappa shape index (κ1) is 13.8. The number of hydrogen-bond acceptors (Lipinski definition) is 2. The molecule has 21 heavy (non-hydrogen) atoms. The summed E-state index contributed by atoms with van der Waals surface area (Å²) >= 11 is 0. The number of benzene rings is 3. The third-order valence-corrected chi connectivity index (χ3v) is 4.16. The molecular formula is C18H18O2Si. The van der Waals surface area contributed by atoms with Gasteiger partial charge in [-0.2, -0.15) is 0 Å². The molecular weight excluding hydrogens is 276 g/mol. The van der Waals surface area contributed by atoms with E-state index in [1.165, 1.54) is 5.39 Å². The van der Waals surface area contributed by atoms with Gasteiger partial charge in [-0.25, -0.2) is 4.79 Å². The van der Waals surface area contributed by atoms with E-state index in [0.717, 1.165) is 16.2 Å². The van der Waals surface area contributed by atoms with Crippen LogP contribution in [0.15, 0.2) is 54.6 Å². The van der Waals surface area contributed by atoms with Gasteiger partial charge < -0.3 is 4.43 Å². The molecule has 0 N–H and O–H groups in total. The van der Waals surface area contributed by atoms with Gasteiger partial charge in [0.25, 0.3) is 0 Å². The number of hydrogen-bond donors (Lipinski definition) is 0. The molecule has 0 bridgehead atoms.